The third-order valence-electron chi connectivity index (χ3n) is 3.33. The number of likely N-dealkylation sites (N-methyl/N-ethyl adjacent to an activating group) is 1. The van der Waals surface area contributed by atoms with Gasteiger partial charge in [-0.2, -0.15) is 0 Å². The summed E-state index contributed by atoms with van der Waals surface area (Å²) in [7, 11) is 1.71. The molecule has 1 aliphatic carbocycles. The van der Waals surface area contributed by atoms with E-state index in [0.29, 0.717) is 0 Å². The molecule has 1 aromatic heterocycles. The minimum absolute atomic E-state index is 0.132. The number of carbonyl (C=O) groups excluding carboxylic acids is 1. The topological polar surface area (TPSA) is 42.0 Å². The molecule has 1 heterocycles. The van der Waals surface area contributed by atoms with Gasteiger partial charge < -0.3 is 5.32 Å². The van der Waals surface area contributed by atoms with E-state index in [1.54, 1.807) is 13.2 Å². The zero-order valence-electron chi connectivity index (χ0n) is 8.99. The van der Waals surface area contributed by atoms with Gasteiger partial charge in [0, 0.05) is 19.4 Å². The molecule has 0 aromatic carbocycles. The summed E-state index contributed by atoms with van der Waals surface area (Å²) in [5.41, 5.74) is 0.741. The molecule has 3 nitrogen and oxygen atoms in total. The zero-order chi connectivity index (χ0) is 10.7. The lowest BCUT2D eigenvalue weighted by Gasteiger charge is -2.26. The molecule has 3 heteroatoms. The van der Waals surface area contributed by atoms with Gasteiger partial charge in [0.15, 0.2) is 0 Å². The fourth-order valence-corrected chi connectivity index (χ4v) is 2.51. The summed E-state index contributed by atoms with van der Waals surface area (Å²) in [5.74, 6) is 0.132. The Bertz CT molecular complexity index is 342. The van der Waals surface area contributed by atoms with E-state index in [1.807, 2.05) is 18.3 Å². The highest BCUT2D eigenvalue weighted by Gasteiger charge is 2.42. The molecule has 1 fully saturated rings. The number of hydrogen-bond acceptors (Lipinski definition) is 2. The fourth-order valence-electron chi connectivity index (χ4n) is 2.51. The van der Waals surface area contributed by atoms with E-state index in [9.17, 15) is 4.79 Å². The average Bonchev–Trinajstić information content (AvgIpc) is 2.79. The number of rotatable bonds is 2. The van der Waals surface area contributed by atoms with Crippen molar-refractivity contribution >= 4 is 5.91 Å². The molecule has 15 heavy (non-hydrogen) atoms. The normalized spacial score (nSPS) is 18.7. The maximum absolute atomic E-state index is 12.0. The first-order valence-corrected chi connectivity index (χ1v) is 5.42. The molecule has 0 atom stereocenters. The van der Waals surface area contributed by atoms with E-state index in [-0.39, 0.29) is 11.3 Å². The van der Waals surface area contributed by atoms with Gasteiger partial charge in [-0.3, -0.25) is 9.78 Å². The highest BCUT2D eigenvalue weighted by Crippen LogP contribution is 2.40. The molecule has 0 bridgehead atoms. The lowest BCUT2D eigenvalue weighted by atomic mass is 9.79. The van der Waals surface area contributed by atoms with Crippen LogP contribution >= 0.6 is 0 Å². The average molecular weight is 204 g/mol. The molecular weight excluding hydrogens is 188 g/mol. The number of amides is 1. The number of carbonyl (C=O) groups is 1. The van der Waals surface area contributed by atoms with Gasteiger partial charge in [0.05, 0.1) is 5.41 Å². The molecule has 0 radical (unpaired) electrons. The van der Waals surface area contributed by atoms with Crippen molar-refractivity contribution in [1.29, 1.82) is 0 Å². The van der Waals surface area contributed by atoms with Crippen LogP contribution in [0.5, 0.6) is 0 Å². The molecule has 1 saturated carbocycles. The Kier molecular flexibility index (Phi) is 2.71. The highest BCUT2D eigenvalue weighted by molar-refractivity contribution is 5.88. The maximum atomic E-state index is 12.0. The van der Waals surface area contributed by atoms with Gasteiger partial charge in [-0.05, 0) is 24.5 Å². The third kappa shape index (κ3) is 1.62. The van der Waals surface area contributed by atoms with Crippen LogP contribution in [-0.2, 0) is 10.2 Å². The fraction of sp³-hybridized carbons (Fsp3) is 0.500. The van der Waals surface area contributed by atoms with Crippen molar-refractivity contribution < 1.29 is 4.79 Å². The van der Waals surface area contributed by atoms with Gasteiger partial charge in [0.2, 0.25) is 5.91 Å². The van der Waals surface area contributed by atoms with Crippen molar-refractivity contribution in [3.63, 3.8) is 0 Å². The van der Waals surface area contributed by atoms with Crippen LogP contribution in [-0.4, -0.2) is 17.9 Å². The van der Waals surface area contributed by atoms with Crippen LogP contribution in [0.25, 0.3) is 0 Å². The summed E-state index contributed by atoms with van der Waals surface area (Å²) in [6, 6.07) is 3.91. The van der Waals surface area contributed by atoms with Gasteiger partial charge in [-0.15, -0.1) is 0 Å². The molecule has 80 valence electrons. The smallest absolute Gasteiger partial charge is 0.230 e. The van der Waals surface area contributed by atoms with Crippen LogP contribution in [0.3, 0.4) is 0 Å². The molecule has 1 amide bonds. The number of hydrogen-bond donors (Lipinski definition) is 1. The van der Waals surface area contributed by atoms with Crippen LogP contribution in [0, 0.1) is 0 Å². The van der Waals surface area contributed by atoms with Gasteiger partial charge in [-0.1, -0.05) is 18.9 Å². The van der Waals surface area contributed by atoms with E-state index in [2.05, 4.69) is 10.3 Å². The molecule has 1 aliphatic rings. The molecule has 0 unspecified atom stereocenters. The summed E-state index contributed by atoms with van der Waals surface area (Å²) in [6.07, 6.45) is 7.71. The largest absolute Gasteiger partial charge is 0.358 e. The van der Waals surface area contributed by atoms with E-state index >= 15 is 0 Å². The van der Waals surface area contributed by atoms with Crippen molar-refractivity contribution in [2.24, 2.45) is 0 Å². The van der Waals surface area contributed by atoms with Gasteiger partial charge in [0.25, 0.3) is 0 Å². The summed E-state index contributed by atoms with van der Waals surface area (Å²) in [6.45, 7) is 0. The Morgan fingerprint density at radius 3 is 2.73 bits per heavy atom. The molecule has 1 aromatic rings. The first-order valence-electron chi connectivity index (χ1n) is 5.42. The van der Waals surface area contributed by atoms with Crippen molar-refractivity contribution in [3.8, 4) is 0 Å². The Balaban J connectivity index is 2.39. The third-order valence-corrected chi connectivity index (χ3v) is 3.33. The first-order chi connectivity index (χ1) is 7.29. The molecule has 0 aliphatic heterocycles. The zero-order valence-corrected chi connectivity index (χ0v) is 8.99. The number of nitrogens with one attached hydrogen (secondary N) is 1. The van der Waals surface area contributed by atoms with E-state index < -0.39 is 0 Å². The van der Waals surface area contributed by atoms with E-state index in [1.165, 1.54) is 0 Å². The SMILES string of the molecule is CNC(=O)C1(c2cccnc2)CCCC1. The maximum Gasteiger partial charge on any atom is 0.230 e. The summed E-state index contributed by atoms with van der Waals surface area (Å²) < 4.78 is 0. The van der Waals surface area contributed by atoms with Crippen LogP contribution in [0.1, 0.15) is 31.2 Å². The van der Waals surface area contributed by atoms with Crippen molar-refractivity contribution in [1.82, 2.24) is 10.3 Å². The van der Waals surface area contributed by atoms with Crippen molar-refractivity contribution in [2.45, 2.75) is 31.1 Å². The second kappa shape index (κ2) is 4.01. The van der Waals surface area contributed by atoms with Crippen molar-refractivity contribution in [2.75, 3.05) is 7.05 Å². The lowest BCUT2D eigenvalue weighted by Crippen LogP contribution is -2.40. The predicted molar refractivity (Wildman–Crippen MR) is 58.4 cm³/mol. The molecule has 2 rings (SSSR count). The standard InChI is InChI=1S/C12H16N2O/c1-13-11(15)12(6-2-3-7-12)10-5-4-8-14-9-10/h4-5,8-9H,2-3,6-7H2,1H3,(H,13,15). The summed E-state index contributed by atoms with van der Waals surface area (Å²) in [5, 5.41) is 2.78. The second-order valence-electron chi connectivity index (χ2n) is 4.11. The number of pyridine rings is 1. The Morgan fingerprint density at radius 1 is 1.47 bits per heavy atom. The quantitative estimate of drug-likeness (QED) is 0.795. The van der Waals surface area contributed by atoms with Gasteiger partial charge in [-0.25, -0.2) is 0 Å². The number of nitrogens with zero attached hydrogens (tertiary/aromatic N) is 1. The highest BCUT2D eigenvalue weighted by atomic mass is 16.2. The molecule has 1 N–H and O–H groups in total. The first kappa shape index (κ1) is 10.1. The second-order valence-corrected chi connectivity index (χ2v) is 4.11. The minimum Gasteiger partial charge on any atom is -0.358 e. The van der Waals surface area contributed by atoms with Gasteiger partial charge >= 0.3 is 0 Å². The van der Waals surface area contributed by atoms with E-state index in [0.717, 1.165) is 31.2 Å². The Labute approximate surface area is 89.9 Å². The minimum atomic E-state index is -0.316. The van der Waals surface area contributed by atoms with E-state index in [4.69, 9.17) is 0 Å². The lowest BCUT2D eigenvalue weighted by molar-refractivity contribution is -0.126. The monoisotopic (exact) mass is 204 g/mol. The van der Waals surface area contributed by atoms with Crippen LogP contribution < -0.4 is 5.32 Å². The number of aromatic nitrogens is 1. The molecule has 0 saturated heterocycles. The summed E-state index contributed by atoms with van der Waals surface area (Å²) in [4.78, 5) is 16.1. The molecule has 0 spiro atoms. The van der Waals surface area contributed by atoms with Crippen LogP contribution in [0.4, 0.5) is 0 Å². The molecular formula is C12H16N2O. The van der Waals surface area contributed by atoms with Crippen molar-refractivity contribution in [3.05, 3.63) is 30.1 Å². The Morgan fingerprint density at radius 2 is 2.20 bits per heavy atom. The Hall–Kier alpha value is -1.38. The van der Waals surface area contributed by atoms with Crippen LogP contribution in [0.15, 0.2) is 24.5 Å². The predicted octanol–water partition coefficient (Wildman–Crippen LogP) is 1.64. The summed E-state index contributed by atoms with van der Waals surface area (Å²) >= 11 is 0. The van der Waals surface area contributed by atoms with Crippen LogP contribution in [0.2, 0.25) is 0 Å². The van der Waals surface area contributed by atoms with Gasteiger partial charge in [0.1, 0.15) is 0 Å².